The van der Waals surface area contributed by atoms with Crippen LogP contribution in [0.2, 0.25) is 0 Å². The second-order valence-corrected chi connectivity index (χ2v) is 9.96. The van der Waals surface area contributed by atoms with E-state index in [1.54, 1.807) is 0 Å². The van der Waals surface area contributed by atoms with Crippen molar-refractivity contribution < 1.29 is 4.74 Å². The van der Waals surface area contributed by atoms with Crippen LogP contribution in [0.1, 0.15) is 40.0 Å². The number of rotatable bonds is 12. The fourth-order valence-corrected chi connectivity index (χ4v) is 5.39. The van der Waals surface area contributed by atoms with Gasteiger partial charge in [0.05, 0.1) is 25.0 Å². The highest BCUT2D eigenvalue weighted by Gasteiger charge is 2.42. The smallest absolute Gasteiger partial charge is 0.116 e. The molecule has 0 aromatic carbocycles. The van der Waals surface area contributed by atoms with Crippen LogP contribution in [0.4, 0.5) is 0 Å². The van der Waals surface area contributed by atoms with E-state index in [2.05, 4.69) is 50.2 Å². The number of hydrogen-bond donors (Lipinski definition) is 7. The van der Waals surface area contributed by atoms with Gasteiger partial charge in [0.15, 0.2) is 0 Å². The van der Waals surface area contributed by atoms with Gasteiger partial charge in [0.2, 0.25) is 0 Å². The summed E-state index contributed by atoms with van der Waals surface area (Å²) in [5, 5.41) is 19.1. The van der Waals surface area contributed by atoms with Gasteiger partial charge in [-0.25, -0.2) is 0 Å². The zero-order valence-electron chi connectivity index (χ0n) is 21.2. The Balaban J connectivity index is 1.71. The van der Waals surface area contributed by atoms with Crippen molar-refractivity contribution in [1.82, 2.24) is 36.4 Å². The normalized spacial score (nSPS) is 35.5. The SMILES string of the molecule is CCOCCNC1C(NC2CC(C)CCN2)NC(N2CCN(CCN)CC2)NC1C(N)CC. The Morgan fingerprint density at radius 2 is 1.94 bits per heavy atom. The number of nitrogens with zero attached hydrogens (tertiary/aromatic N) is 2. The molecule has 9 N–H and O–H groups in total. The molecule has 7 unspecified atom stereocenters. The molecule has 0 aromatic heterocycles. The van der Waals surface area contributed by atoms with E-state index in [1.807, 2.05) is 6.92 Å². The highest BCUT2D eigenvalue weighted by Crippen LogP contribution is 2.18. The van der Waals surface area contributed by atoms with Gasteiger partial charge in [0.25, 0.3) is 0 Å². The van der Waals surface area contributed by atoms with Crippen molar-refractivity contribution in [3.8, 4) is 0 Å². The summed E-state index contributed by atoms with van der Waals surface area (Å²) in [6.07, 6.45) is 3.82. The lowest BCUT2D eigenvalue weighted by Gasteiger charge is -2.51. The Kier molecular flexibility index (Phi) is 11.7. The van der Waals surface area contributed by atoms with Gasteiger partial charge in [-0.1, -0.05) is 13.8 Å². The molecule has 3 saturated heterocycles. The third-order valence-electron chi connectivity index (χ3n) is 7.46. The number of nitrogens with two attached hydrogens (primary N) is 2. The van der Waals surface area contributed by atoms with Crippen LogP contribution in [0.15, 0.2) is 0 Å². The Bertz CT molecular complexity index is 534. The Hall–Kier alpha value is -0.400. The van der Waals surface area contributed by atoms with Crippen molar-refractivity contribution in [1.29, 1.82) is 0 Å². The summed E-state index contributed by atoms with van der Waals surface area (Å²) in [6.45, 7) is 15.7. The lowest BCUT2D eigenvalue weighted by Crippen LogP contribution is -2.80. The molecule has 33 heavy (non-hydrogen) atoms. The first-order valence-corrected chi connectivity index (χ1v) is 13.3. The summed E-state index contributed by atoms with van der Waals surface area (Å²) < 4.78 is 5.60. The summed E-state index contributed by atoms with van der Waals surface area (Å²) in [7, 11) is 0. The third kappa shape index (κ3) is 8.06. The zero-order valence-corrected chi connectivity index (χ0v) is 21.2. The molecule has 0 aliphatic carbocycles. The molecule has 3 heterocycles. The summed E-state index contributed by atoms with van der Waals surface area (Å²) >= 11 is 0. The topological polar surface area (TPSA) is 128 Å². The molecule has 0 aromatic rings. The van der Waals surface area contributed by atoms with Gasteiger partial charge < -0.3 is 26.8 Å². The van der Waals surface area contributed by atoms with Gasteiger partial charge in [-0.2, -0.15) is 0 Å². The summed E-state index contributed by atoms with van der Waals surface area (Å²) in [5.74, 6) is 0.731. The second-order valence-electron chi connectivity index (χ2n) is 9.96. The first-order chi connectivity index (χ1) is 16.0. The molecule has 10 nitrogen and oxygen atoms in total. The average Bonchev–Trinajstić information content (AvgIpc) is 2.82. The molecule has 3 rings (SSSR count). The zero-order chi connectivity index (χ0) is 23.6. The molecule has 194 valence electrons. The number of piperazine rings is 1. The molecular weight excluding hydrogens is 418 g/mol. The van der Waals surface area contributed by atoms with Gasteiger partial charge in [0, 0.05) is 64.5 Å². The predicted molar refractivity (Wildman–Crippen MR) is 135 cm³/mol. The van der Waals surface area contributed by atoms with E-state index < -0.39 is 0 Å². The van der Waals surface area contributed by atoms with E-state index in [0.717, 1.165) is 77.7 Å². The minimum absolute atomic E-state index is 0.0697. The van der Waals surface area contributed by atoms with Gasteiger partial charge in [-0.05, 0) is 38.6 Å². The molecule has 7 atom stereocenters. The molecular formula is C23H51N9O. The number of hydrogen-bond acceptors (Lipinski definition) is 10. The van der Waals surface area contributed by atoms with Crippen molar-refractivity contribution in [3.63, 3.8) is 0 Å². The van der Waals surface area contributed by atoms with Crippen molar-refractivity contribution >= 4 is 0 Å². The van der Waals surface area contributed by atoms with Crippen molar-refractivity contribution in [2.24, 2.45) is 17.4 Å². The Morgan fingerprint density at radius 1 is 1.15 bits per heavy atom. The lowest BCUT2D eigenvalue weighted by atomic mass is 9.92. The first-order valence-electron chi connectivity index (χ1n) is 13.3. The molecule has 0 spiro atoms. The molecule has 0 radical (unpaired) electrons. The number of piperidine rings is 1. The van der Waals surface area contributed by atoms with E-state index in [9.17, 15) is 0 Å². The molecule has 10 heteroatoms. The van der Waals surface area contributed by atoms with Gasteiger partial charge in [-0.3, -0.25) is 25.8 Å². The fraction of sp³-hybridized carbons (Fsp3) is 1.00. The number of nitrogens with one attached hydrogen (secondary N) is 5. The van der Waals surface area contributed by atoms with Crippen LogP contribution in [0.25, 0.3) is 0 Å². The Morgan fingerprint density at radius 3 is 2.61 bits per heavy atom. The minimum atomic E-state index is 0.0697. The van der Waals surface area contributed by atoms with Crippen LogP contribution < -0.4 is 38.1 Å². The monoisotopic (exact) mass is 469 g/mol. The van der Waals surface area contributed by atoms with E-state index in [-0.39, 0.29) is 30.6 Å². The summed E-state index contributed by atoms with van der Waals surface area (Å²) in [5.41, 5.74) is 12.5. The van der Waals surface area contributed by atoms with Crippen molar-refractivity contribution in [2.45, 2.75) is 76.8 Å². The fourth-order valence-electron chi connectivity index (χ4n) is 5.39. The van der Waals surface area contributed by atoms with Crippen LogP contribution in [0, 0.1) is 5.92 Å². The standard InChI is InChI=1S/C23H51N9O/c1-4-18(25)20-21(27-9-15-33-5-2)22(28-19-16-17(3)6-8-26-19)30-23(29-20)32-13-11-31(10-7-24)12-14-32/h17-23,26-30H,4-16,24-25H2,1-3H3. The third-order valence-corrected chi connectivity index (χ3v) is 7.46. The molecule has 0 saturated carbocycles. The van der Waals surface area contributed by atoms with Crippen LogP contribution in [-0.4, -0.2) is 112 Å². The van der Waals surface area contributed by atoms with Gasteiger partial charge in [-0.15, -0.1) is 0 Å². The van der Waals surface area contributed by atoms with E-state index >= 15 is 0 Å². The van der Waals surface area contributed by atoms with Crippen LogP contribution in [-0.2, 0) is 4.74 Å². The molecule has 3 fully saturated rings. The van der Waals surface area contributed by atoms with E-state index in [4.69, 9.17) is 16.2 Å². The van der Waals surface area contributed by atoms with Gasteiger partial charge >= 0.3 is 0 Å². The number of ether oxygens (including phenoxy) is 1. The summed E-state index contributed by atoms with van der Waals surface area (Å²) in [4.78, 5) is 4.97. The molecule has 0 bridgehead atoms. The van der Waals surface area contributed by atoms with Gasteiger partial charge in [0.1, 0.15) is 6.29 Å². The van der Waals surface area contributed by atoms with Crippen LogP contribution in [0.3, 0.4) is 0 Å². The molecule has 3 aliphatic rings. The quantitative estimate of drug-likeness (QED) is 0.168. The molecule has 3 aliphatic heterocycles. The first kappa shape index (κ1) is 27.2. The second kappa shape index (κ2) is 14.2. The van der Waals surface area contributed by atoms with Crippen molar-refractivity contribution in [2.75, 3.05) is 65.6 Å². The summed E-state index contributed by atoms with van der Waals surface area (Å²) in [6, 6.07) is 0.387. The van der Waals surface area contributed by atoms with E-state index in [1.165, 1.54) is 6.42 Å². The highest BCUT2D eigenvalue weighted by molar-refractivity contribution is 5.02. The maximum Gasteiger partial charge on any atom is 0.116 e. The largest absolute Gasteiger partial charge is 0.380 e. The Labute approximate surface area is 201 Å². The predicted octanol–water partition coefficient (Wildman–Crippen LogP) is -1.60. The van der Waals surface area contributed by atoms with Crippen molar-refractivity contribution in [3.05, 3.63) is 0 Å². The van der Waals surface area contributed by atoms with E-state index in [0.29, 0.717) is 12.8 Å². The maximum absolute atomic E-state index is 6.69. The maximum atomic E-state index is 6.69. The van der Waals surface area contributed by atoms with Crippen LogP contribution in [0.5, 0.6) is 0 Å². The highest BCUT2D eigenvalue weighted by atomic mass is 16.5. The average molecular weight is 470 g/mol. The molecule has 0 amide bonds. The lowest BCUT2D eigenvalue weighted by molar-refractivity contribution is 0.00659. The minimum Gasteiger partial charge on any atom is -0.380 e. The van der Waals surface area contributed by atoms with Crippen LogP contribution >= 0.6 is 0 Å².